The first-order chi connectivity index (χ1) is 10.8. The molecular formula is C17H16N2O2S. The largest absolute Gasteiger partial charge is 0.468 e. The summed E-state index contributed by atoms with van der Waals surface area (Å²) in [7, 11) is 0. The molecular weight excluding hydrogens is 296 g/mol. The molecule has 4 rings (SSSR count). The third-order valence-electron chi connectivity index (χ3n) is 3.84. The van der Waals surface area contributed by atoms with E-state index in [1.165, 1.54) is 12.8 Å². The summed E-state index contributed by atoms with van der Waals surface area (Å²) in [6.07, 6.45) is 4.09. The molecule has 2 heterocycles. The van der Waals surface area contributed by atoms with Crippen molar-refractivity contribution in [2.24, 2.45) is 0 Å². The van der Waals surface area contributed by atoms with Crippen LogP contribution in [0.15, 0.2) is 41.0 Å². The number of thioether (sulfide) groups is 1. The standard InChI is InChI=1S/C17H16N2O2S/c20-16(10-22-9-13-2-1-7-21-13)12-5-6-14-15(8-12)19-17(18-14)11-3-4-11/h1-2,5-8,11H,3-4,9-10H2,(H,18,19). The van der Waals surface area contributed by atoms with Gasteiger partial charge in [-0.2, -0.15) is 0 Å². The highest BCUT2D eigenvalue weighted by atomic mass is 32.2. The molecule has 0 spiro atoms. The van der Waals surface area contributed by atoms with Crippen LogP contribution in [0.2, 0.25) is 0 Å². The van der Waals surface area contributed by atoms with Crippen molar-refractivity contribution in [3.63, 3.8) is 0 Å². The Hall–Kier alpha value is -2.01. The van der Waals surface area contributed by atoms with Crippen molar-refractivity contribution in [3.05, 3.63) is 53.7 Å². The second-order valence-corrected chi connectivity index (χ2v) is 6.61. The van der Waals surface area contributed by atoms with Crippen LogP contribution in [-0.2, 0) is 5.75 Å². The number of Topliss-reactive ketones (excluding diaryl/α,β-unsaturated/α-hetero) is 1. The van der Waals surface area contributed by atoms with Crippen molar-refractivity contribution in [3.8, 4) is 0 Å². The Morgan fingerprint density at radius 2 is 2.27 bits per heavy atom. The third-order valence-corrected chi connectivity index (χ3v) is 4.80. The average molecular weight is 312 g/mol. The van der Waals surface area contributed by atoms with Crippen LogP contribution >= 0.6 is 11.8 Å². The molecule has 1 aliphatic rings. The van der Waals surface area contributed by atoms with E-state index in [9.17, 15) is 4.79 Å². The maximum Gasteiger partial charge on any atom is 0.172 e. The number of aromatic nitrogens is 2. The number of benzene rings is 1. The first kappa shape index (κ1) is 13.6. The molecule has 0 radical (unpaired) electrons. The van der Waals surface area contributed by atoms with Crippen LogP contribution in [0.5, 0.6) is 0 Å². The first-order valence-electron chi connectivity index (χ1n) is 7.42. The minimum atomic E-state index is 0.140. The van der Waals surface area contributed by atoms with Crippen LogP contribution in [0.1, 0.15) is 40.7 Å². The topological polar surface area (TPSA) is 58.9 Å². The van der Waals surface area contributed by atoms with Gasteiger partial charge in [-0.15, -0.1) is 11.8 Å². The number of nitrogens with zero attached hydrogens (tertiary/aromatic N) is 1. The smallest absolute Gasteiger partial charge is 0.172 e. The average Bonchev–Trinajstić information content (AvgIpc) is 3.09. The summed E-state index contributed by atoms with van der Waals surface area (Å²) in [4.78, 5) is 20.2. The summed E-state index contributed by atoms with van der Waals surface area (Å²) in [5.41, 5.74) is 2.65. The number of furan rings is 1. The second kappa shape index (κ2) is 5.65. The Balaban J connectivity index is 1.44. The zero-order valence-electron chi connectivity index (χ0n) is 12.0. The van der Waals surface area contributed by atoms with Gasteiger partial charge < -0.3 is 9.40 Å². The Labute approximate surface area is 132 Å². The Morgan fingerprint density at radius 1 is 1.36 bits per heavy atom. The van der Waals surface area contributed by atoms with Crippen LogP contribution in [0.4, 0.5) is 0 Å². The summed E-state index contributed by atoms with van der Waals surface area (Å²) in [5.74, 6) is 3.87. The molecule has 1 fully saturated rings. The normalized spacial score (nSPS) is 14.5. The number of nitrogens with one attached hydrogen (secondary N) is 1. The molecule has 112 valence electrons. The lowest BCUT2D eigenvalue weighted by Gasteiger charge is -2.00. The Bertz CT molecular complexity index is 803. The van der Waals surface area contributed by atoms with Crippen LogP contribution in [0.3, 0.4) is 0 Å². The maximum absolute atomic E-state index is 12.3. The van der Waals surface area contributed by atoms with Gasteiger partial charge in [0.05, 0.1) is 28.8 Å². The van der Waals surface area contributed by atoms with Crippen molar-refractivity contribution in [2.45, 2.75) is 24.5 Å². The van der Waals surface area contributed by atoms with E-state index in [4.69, 9.17) is 4.42 Å². The zero-order valence-corrected chi connectivity index (χ0v) is 12.9. The van der Waals surface area contributed by atoms with Crippen LogP contribution in [-0.4, -0.2) is 21.5 Å². The minimum absolute atomic E-state index is 0.140. The molecule has 1 N–H and O–H groups in total. The van der Waals surface area contributed by atoms with E-state index >= 15 is 0 Å². The number of ketones is 1. The molecule has 3 aromatic rings. The molecule has 0 saturated heterocycles. The quantitative estimate of drug-likeness (QED) is 0.695. The SMILES string of the molecule is O=C(CSCc1ccco1)c1ccc2nc(C3CC3)[nH]c2c1. The van der Waals surface area contributed by atoms with Gasteiger partial charge in [0, 0.05) is 11.5 Å². The van der Waals surface area contributed by atoms with Gasteiger partial charge in [-0.05, 0) is 43.2 Å². The number of aromatic amines is 1. The fourth-order valence-corrected chi connectivity index (χ4v) is 3.29. The van der Waals surface area contributed by atoms with Gasteiger partial charge in [0.1, 0.15) is 11.6 Å². The predicted octanol–water partition coefficient (Wildman–Crippen LogP) is 4.15. The number of carbonyl (C=O) groups excluding carboxylic acids is 1. The van der Waals surface area contributed by atoms with Crippen molar-refractivity contribution in [2.75, 3.05) is 5.75 Å². The molecule has 22 heavy (non-hydrogen) atoms. The third kappa shape index (κ3) is 2.81. The molecule has 1 aliphatic carbocycles. The van der Waals surface area contributed by atoms with E-state index in [0.717, 1.165) is 33.9 Å². The molecule has 0 amide bonds. The van der Waals surface area contributed by atoms with E-state index in [1.54, 1.807) is 18.0 Å². The van der Waals surface area contributed by atoms with Gasteiger partial charge in [0.2, 0.25) is 0 Å². The fraction of sp³-hybridized carbons (Fsp3) is 0.294. The van der Waals surface area contributed by atoms with Crippen molar-refractivity contribution in [1.82, 2.24) is 9.97 Å². The van der Waals surface area contributed by atoms with E-state index in [0.29, 0.717) is 11.7 Å². The molecule has 2 aromatic heterocycles. The number of imidazole rings is 1. The van der Waals surface area contributed by atoms with Crippen LogP contribution in [0, 0.1) is 0 Å². The highest BCUT2D eigenvalue weighted by Gasteiger charge is 2.26. The molecule has 5 heteroatoms. The number of fused-ring (bicyclic) bond motifs is 1. The lowest BCUT2D eigenvalue weighted by Crippen LogP contribution is -2.02. The number of H-pyrrole nitrogens is 1. The van der Waals surface area contributed by atoms with Gasteiger partial charge >= 0.3 is 0 Å². The van der Waals surface area contributed by atoms with E-state index < -0.39 is 0 Å². The maximum atomic E-state index is 12.3. The van der Waals surface area contributed by atoms with Gasteiger partial charge in [0.15, 0.2) is 5.78 Å². The van der Waals surface area contributed by atoms with Gasteiger partial charge in [-0.25, -0.2) is 4.98 Å². The Kier molecular flexibility index (Phi) is 3.50. The highest BCUT2D eigenvalue weighted by Crippen LogP contribution is 2.39. The van der Waals surface area contributed by atoms with Crippen LogP contribution < -0.4 is 0 Å². The van der Waals surface area contributed by atoms with Gasteiger partial charge in [-0.3, -0.25) is 4.79 Å². The van der Waals surface area contributed by atoms with Gasteiger partial charge in [-0.1, -0.05) is 0 Å². The van der Waals surface area contributed by atoms with Crippen molar-refractivity contribution >= 4 is 28.6 Å². The molecule has 1 aromatic carbocycles. The summed E-state index contributed by atoms with van der Waals surface area (Å²) < 4.78 is 5.26. The lowest BCUT2D eigenvalue weighted by atomic mass is 10.1. The molecule has 0 aliphatic heterocycles. The highest BCUT2D eigenvalue weighted by molar-refractivity contribution is 7.99. The van der Waals surface area contributed by atoms with Crippen molar-refractivity contribution < 1.29 is 9.21 Å². The summed E-state index contributed by atoms with van der Waals surface area (Å²) in [6.45, 7) is 0. The summed E-state index contributed by atoms with van der Waals surface area (Å²) >= 11 is 1.57. The molecule has 1 saturated carbocycles. The van der Waals surface area contributed by atoms with E-state index in [-0.39, 0.29) is 5.78 Å². The number of hydrogen-bond donors (Lipinski definition) is 1. The summed E-state index contributed by atoms with van der Waals surface area (Å²) in [5, 5.41) is 0. The molecule has 0 atom stereocenters. The van der Waals surface area contributed by atoms with E-state index in [2.05, 4.69) is 9.97 Å². The fourth-order valence-electron chi connectivity index (χ4n) is 2.48. The van der Waals surface area contributed by atoms with E-state index in [1.807, 2.05) is 30.3 Å². The number of carbonyl (C=O) groups is 1. The minimum Gasteiger partial charge on any atom is -0.468 e. The lowest BCUT2D eigenvalue weighted by molar-refractivity contribution is 0.102. The Morgan fingerprint density at radius 3 is 3.05 bits per heavy atom. The number of hydrogen-bond acceptors (Lipinski definition) is 4. The molecule has 4 nitrogen and oxygen atoms in total. The first-order valence-corrected chi connectivity index (χ1v) is 8.58. The van der Waals surface area contributed by atoms with Gasteiger partial charge in [0.25, 0.3) is 0 Å². The second-order valence-electron chi connectivity index (χ2n) is 5.62. The van der Waals surface area contributed by atoms with Crippen molar-refractivity contribution in [1.29, 1.82) is 0 Å². The molecule has 0 bridgehead atoms. The number of rotatable bonds is 6. The molecule has 0 unspecified atom stereocenters. The zero-order chi connectivity index (χ0) is 14.9. The van der Waals surface area contributed by atoms with Crippen LogP contribution in [0.25, 0.3) is 11.0 Å². The summed E-state index contributed by atoms with van der Waals surface area (Å²) in [6, 6.07) is 9.51. The monoisotopic (exact) mass is 312 g/mol. The predicted molar refractivity (Wildman–Crippen MR) is 87.3 cm³/mol.